The smallest absolute Gasteiger partial charge is 0.0238 e. The predicted octanol–water partition coefficient (Wildman–Crippen LogP) is 3.21. The fourth-order valence-corrected chi connectivity index (χ4v) is 1.09. The van der Waals surface area contributed by atoms with Crippen LogP contribution < -0.4 is 0 Å². The zero-order valence-electron chi connectivity index (χ0n) is 7.14. The van der Waals surface area contributed by atoms with Gasteiger partial charge < -0.3 is 0 Å². The third kappa shape index (κ3) is 2.75. The van der Waals surface area contributed by atoms with Crippen molar-refractivity contribution in [2.45, 2.75) is 26.2 Å². The maximum Gasteiger partial charge on any atom is -0.0238 e. The van der Waals surface area contributed by atoms with Crippen LogP contribution in [0.15, 0.2) is 24.3 Å². The highest BCUT2D eigenvalue weighted by Gasteiger charge is 1.90. The normalized spacial score (nSPS) is 10.0. The van der Waals surface area contributed by atoms with Crippen molar-refractivity contribution in [2.24, 2.45) is 0 Å². The summed E-state index contributed by atoms with van der Waals surface area (Å²) >= 11 is 0. The molecule has 0 aliphatic carbocycles. The molecule has 0 bridgehead atoms. The zero-order chi connectivity index (χ0) is 8.10. The Balaban J connectivity index is 2.52. The van der Waals surface area contributed by atoms with E-state index in [4.69, 9.17) is 0 Å². The van der Waals surface area contributed by atoms with Gasteiger partial charge in [-0.05, 0) is 30.9 Å². The molecule has 0 heteroatoms. The average Bonchev–Trinajstić information content (AvgIpc) is 2.04. The molecular weight excluding hydrogens is 132 g/mol. The molecule has 0 saturated heterocycles. The van der Waals surface area contributed by atoms with Gasteiger partial charge in [0.05, 0.1) is 0 Å². The molecule has 0 atom stereocenters. The highest BCUT2D eigenvalue weighted by molar-refractivity contribution is 5.24. The Morgan fingerprint density at radius 3 is 2.36 bits per heavy atom. The summed E-state index contributed by atoms with van der Waals surface area (Å²) in [6.07, 6.45) is 3.76. The van der Waals surface area contributed by atoms with Gasteiger partial charge in [-0.3, -0.25) is 0 Å². The molecule has 0 aromatic heterocycles. The lowest BCUT2D eigenvalue weighted by Gasteiger charge is -1.98. The molecule has 1 rings (SSSR count). The van der Waals surface area contributed by atoms with Crippen LogP contribution in [0.5, 0.6) is 0 Å². The lowest BCUT2D eigenvalue weighted by molar-refractivity contribution is 0.795. The summed E-state index contributed by atoms with van der Waals surface area (Å²) in [7, 11) is 0. The van der Waals surface area contributed by atoms with Crippen molar-refractivity contribution >= 4 is 0 Å². The van der Waals surface area contributed by atoms with Gasteiger partial charge in [-0.25, -0.2) is 0 Å². The molecule has 1 aromatic carbocycles. The summed E-state index contributed by atoms with van der Waals surface area (Å²) < 4.78 is 0. The van der Waals surface area contributed by atoms with Crippen LogP contribution in [0.1, 0.15) is 30.9 Å². The standard InChI is InChI=1S/C11H15/c1-3-4-5-11-8-6-10(2)7-9-11/h6-9H,2-5H2,1H3. The van der Waals surface area contributed by atoms with Gasteiger partial charge in [-0.1, -0.05) is 37.6 Å². The maximum absolute atomic E-state index is 3.84. The average molecular weight is 147 g/mol. The number of rotatable bonds is 3. The molecule has 1 aromatic rings. The van der Waals surface area contributed by atoms with E-state index < -0.39 is 0 Å². The predicted molar refractivity (Wildman–Crippen MR) is 49.5 cm³/mol. The molecule has 0 N–H and O–H groups in total. The molecule has 0 spiro atoms. The molecule has 0 fully saturated rings. The monoisotopic (exact) mass is 147 g/mol. The fourth-order valence-electron chi connectivity index (χ4n) is 1.09. The molecule has 59 valence electrons. The first-order valence-electron chi connectivity index (χ1n) is 4.24. The number of aryl methyl sites for hydroxylation is 1. The van der Waals surface area contributed by atoms with Gasteiger partial charge in [-0.15, -0.1) is 0 Å². The minimum atomic E-state index is 1.10. The Morgan fingerprint density at radius 1 is 1.18 bits per heavy atom. The van der Waals surface area contributed by atoms with Gasteiger partial charge >= 0.3 is 0 Å². The Hall–Kier alpha value is -0.780. The second-order valence-corrected chi connectivity index (χ2v) is 2.92. The van der Waals surface area contributed by atoms with E-state index in [0.29, 0.717) is 0 Å². The molecule has 0 saturated carbocycles. The second kappa shape index (κ2) is 4.17. The van der Waals surface area contributed by atoms with Crippen LogP contribution in [-0.4, -0.2) is 0 Å². The lowest BCUT2D eigenvalue weighted by Crippen LogP contribution is -1.83. The third-order valence-electron chi connectivity index (χ3n) is 1.84. The summed E-state index contributed by atoms with van der Waals surface area (Å²) in [5.41, 5.74) is 2.53. The van der Waals surface area contributed by atoms with E-state index in [2.05, 4.69) is 38.1 Å². The Labute approximate surface area is 69.3 Å². The molecule has 0 unspecified atom stereocenters. The summed E-state index contributed by atoms with van der Waals surface area (Å²) in [6, 6.07) is 8.48. The van der Waals surface area contributed by atoms with Gasteiger partial charge in [0.1, 0.15) is 0 Å². The molecule has 1 radical (unpaired) electrons. The summed E-state index contributed by atoms with van der Waals surface area (Å²) in [6.45, 7) is 6.06. The number of hydrogen-bond donors (Lipinski definition) is 0. The first-order chi connectivity index (χ1) is 5.33. The first kappa shape index (κ1) is 8.32. The molecule has 0 amide bonds. The van der Waals surface area contributed by atoms with Gasteiger partial charge in [0, 0.05) is 0 Å². The second-order valence-electron chi connectivity index (χ2n) is 2.92. The van der Waals surface area contributed by atoms with Crippen LogP contribution in [-0.2, 0) is 6.42 Å². The van der Waals surface area contributed by atoms with Crippen molar-refractivity contribution < 1.29 is 0 Å². The van der Waals surface area contributed by atoms with E-state index in [-0.39, 0.29) is 0 Å². The SMILES string of the molecule is [CH2]c1ccc(CCCC)cc1. The van der Waals surface area contributed by atoms with Crippen LogP contribution in [0.3, 0.4) is 0 Å². The van der Waals surface area contributed by atoms with E-state index in [1.54, 1.807) is 0 Å². The van der Waals surface area contributed by atoms with Crippen molar-refractivity contribution in [3.63, 3.8) is 0 Å². The fraction of sp³-hybridized carbons (Fsp3) is 0.364. The van der Waals surface area contributed by atoms with Gasteiger partial charge in [-0.2, -0.15) is 0 Å². The van der Waals surface area contributed by atoms with Crippen molar-refractivity contribution in [3.8, 4) is 0 Å². The zero-order valence-corrected chi connectivity index (χ0v) is 7.14. The minimum Gasteiger partial charge on any atom is -0.0654 e. The maximum atomic E-state index is 3.84. The third-order valence-corrected chi connectivity index (χ3v) is 1.84. The van der Waals surface area contributed by atoms with Crippen molar-refractivity contribution in [1.29, 1.82) is 0 Å². The number of benzene rings is 1. The van der Waals surface area contributed by atoms with Crippen molar-refractivity contribution in [2.75, 3.05) is 0 Å². The number of unbranched alkanes of at least 4 members (excludes halogenated alkanes) is 1. The van der Waals surface area contributed by atoms with Crippen LogP contribution in [0.2, 0.25) is 0 Å². The van der Waals surface area contributed by atoms with Crippen LogP contribution in [0.25, 0.3) is 0 Å². The molecule has 0 heterocycles. The molecular formula is C11H15. The van der Waals surface area contributed by atoms with Gasteiger partial charge in [0.15, 0.2) is 0 Å². The van der Waals surface area contributed by atoms with Crippen LogP contribution >= 0.6 is 0 Å². The van der Waals surface area contributed by atoms with E-state index in [1.165, 1.54) is 24.8 Å². The number of hydrogen-bond acceptors (Lipinski definition) is 0. The first-order valence-corrected chi connectivity index (χ1v) is 4.24. The Bertz CT molecular complexity index is 196. The molecule has 0 aliphatic rings. The Kier molecular flexibility index (Phi) is 3.15. The topological polar surface area (TPSA) is 0 Å². The molecule has 0 nitrogen and oxygen atoms in total. The van der Waals surface area contributed by atoms with E-state index in [1.807, 2.05) is 0 Å². The minimum absolute atomic E-state index is 1.10. The van der Waals surface area contributed by atoms with Gasteiger partial charge in [0.25, 0.3) is 0 Å². The summed E-state index contributed by atoms with van der Waals surface area (Å²) in [4.78, 5) is 0. The summed E-state index contributed by atoms with van der Waals surface area (Å²) in [5.74, 6) is 0. The van der Waals surface area contributed by atoms with Crippen LogP contribution in [0, 0.1) is 6.92 Å². The highest BCUT2D eigenvalue weighted by atomic mass is 14.0. The van der Waals surface area contributed by atoms with E-state index in [0.717, 1.165) is 5.56 Å². The van der Waals surface area contributed by atoms with E-state index >= 15 is 0 Å². The largest absolute Gasteiger partial charge is 0.0654 e. The quantitative estimate of drug-likeness (QED) is 0.616. The summed E-state index contributed by atoms with van der Waals surface area (Å²) in [5, 5.41) is 0. The Morgan fingerprint density at radius 2 is 1.82 bits per heavy atom. The highest BCUT2D eigenvalue weighted by Crippen LogP contribution is 2.06. The van der Waals surface area contributed by atoms with Crippen molar-refractivity contribution in [3.05, 3.63) is 42.3 Å². The van der Waals surface area contributed by atoms with Crippen molar-refractivity contribution in [1.82, 2.24) is 0 Å². The molecule has 0 aliphatic heterocycles. The van der Waals surface area contributed by atoms with E-state index in [9.17, 15) is 0 Å². The van der Waals surface area contributed by atoms with Gasteiger partial charge in [0.2, 0.25) is 0 Å². The molecule has 11 heavy (non-hydrogen) atoms. The van der Waals surface area contributed by atoms with Crippen LogP contribution in [0.4, 0.5) is 0 Å². The lowest BCUT2D eigenvalue weighted by atomic mass is 10.1.